The lowest BCUT2D eigenvalue weighted by Crippen LogP contribution is -2.42. The normalized spacial score (nSPS) is 19.9. The first-order valence-corrected chi connectivity index (χ1v) is 7.55. The van der Waals surface area contributed by atoms with Crippen molar-refractivity contribution in [3.8, 4) is 0 Å². The standard InChI is InChI=1S/C17H28N2/c1-13-9-15(3)16(10-14(13)2)11-19(4)12-17-7-5-6-8-18-17/h9-10,17-18H,5-8,11-12H2,1-4H3. The van der Waals surface area contributed by atoms with Gasteiger partial charge in [-0.2, -0.15) is 0 Å². The van der Waals surface area contributed by atoms with Gasteiger partial charge in [0.05, 0.1) is 0 Å². The molecular formula is C17H28N2. The van der Waals surface area contributed by atoms with Gasteiger partial charge in [0.25, 0.3) is 0 Å². The van der Waals surface area contributed by atoms with Crippen LogP contribution in [0.2, 0.25) is 0 Å². The molecule has 0 bridgehead atoms. The van der Waals surface area contributed by atoms with Crippen LogP contribution < -0.4 is 5.32 Å². The van der Waals surface area contributed by atoms with E-state index in [0.717, 1.165) is 13.1 Å². The molecule has 1 aromatic carbocycles. The highest BCUT2D eigenvalue weighted by atomic mass is 15.1. The first kappa shape index (κ1) is 14.5. The van der Waals surface area contributed by atoms with Crippen LogP contribution in [-0.4, -0.2) is 31.1 Å². The molecule has 2 nitrogen and oxygen atoms in total. The third-order valence-corrected chi connectivity index (χ3v) is 4.34. The number of hydrogen-bond donors (Lipinski definition) is 1. The zero-order valence-electron chi connectivity index (χ0n) is 12.9. The Bertz CT molecular complexity index is 420. The molecule has 1 fully saturated rings. The molecule has 1 N–H and O–H groups in total. The van der Waals surface area contributed by atoms with Crippen LogP contribution in [0.15, 0.2) is 12.1 Å². The van der Waals surface area contributed by atoms with E-state index in [2.05, 4.69) is 50.2 Å². The van der Waals surface area contributed by atoms with Gasteiger partial charge in [-0.05, 0) is 69.5 Å². The van der Waals surface area contributed by atoms with Gasteiger partial charge in [-0.15, -0.1) is 0 Å². The quantitative estimate of drug-likeness (QED) is 0.894. The fourth-order valence-corrected chi connectivity index (χ4v) is 3.00. The largest absolute Gasteiger partial charge is 0.313 e. The Kier molecular flexibility index (Phi) is 5.00. The molecular weight excluding hydrogens is 232 g/mol. The number of aryl methyl sites for hydroxylation is 3. The molecule has 0 saturated carbocycles. The Morgan fingerprint density at radius 3 is 2.53 bits per heavy atom. The summed E-state index contributed by atoms with van der Waals surface area (Å²) < 4.78 is 0. The van der Waals surface area contributed by atoms with Gasteiger partial charge in [0, 0.05) is 19.1 Å². The van der Waals surface area contributed by atoms with Crippen LogP contribution in [0.1, 0.15) is 41.5 Å². The van der Waals surface area contributed by atoms with Gasteiger partial charge in [-0.25, -0.2) is 0 Å². The molecule has 2 rings (SSSR count). The summed E-state index contributed by atoms with van der Waals surface area (Å²) in [5.41, 5.74) is 5.70. The summed E-state index contributed by atoms with van der Waals surface area (Å²) in [6, 6.07) is 5.36. The lowest BCUT2D eigenvalue weighted by molar-refractivity contribution is 0.256. The minimum Gasteiger partial charge on any atom is -0.313 e. The third kappa shape index (κ3) is 4.05. The summed E-state index contributed by atoms with van der Waals surface area (Å²) in [6.45, 7) is 10.1. The summed E-state index contributed by atoms with van der Waals surface area (Å²) in [7, 11) is 2.24. The highest BCUT2D eigenvalue weighted by Gasteiger charge is 2.15. The van der Waals surface area contributed by atoms with E-state index in [9.17, 15) is 0 Å². The van der Waals surface area contributed by atoms with E-state index in [1.807, 2.05) is 0 Å². The molecule has 0 spiro atoms. The predicted molar refractivity (Wildman–Crippen MR) is 82.6 cm³/mol. The zero-order valence-corrected chi connectivity index (χ0v) is 12.9. The molecule has 2 heteroatoms. The van der Waals surface area contributed by atoms with Crippen molar-refractivity contribution in [2.45, 2.75) is 52.6 Å². The van der Waals surface area contributed by atoms with Gasteiger partial charge < -0.3 is 10.2 Å². The predicted octanol–water partition coefficient (Wildman–Crippen LogP) is 3.19. The Hall–Kier alpha value is -0.860. The fraction of sp³-hybridized carbons (Fsp3) is 0.647. The molecule has 106 valence electrons. The van der Waals surface area contributed by atoms with Crippen LogP contribution in [0.5, 0.6) is 0 Å². The Morgan fingerprint density at radius 2 is 1.84 bits per heavy atom. The maximum absolute atomic E-state index is 3.63. The summed E-state index contributed by atoms with van der Waals surface area (Å²) in [5.74, 6) is 0. The van der Waals surface area contributed by atoms with Crippen molar-refractivity contribution in [1.29, 1.82) is 0 Å². The Balaban J connectivity index is 1.94. The minimum absolute atomic E-state index is 0.686. The number of nitrogens with zero attached hydrogens (tertiary/aromatic N) is 1. The van der Waals surface area contributed by atoms with Gasteiger partial charge in [0.15, 0.2) is 0 Å². The van der Waals surface area contributed by atoms with Gasteiger partial charge in [0.1, 0.15) is 0 Å². The molecule has 1 saturated heterocycles. The lowest BCUT2D eigenvalue weighted by atomic mass is 10.00. The van der Waals surface area contributed by atoms with E-state index in [1.165, 1.54) is 48.1 Å². The smallest absolute Gasteiger partial charge is 0.0234 e. The van der Waals surface area contributed by atoms with E-state index in [0.29, 0.717) is 6.04 Å². The summed E-state index contributed by atoms with van der Waals surface area (Å²) in [5, 5.41) is 3.63. The van der Waals surface area contributed by atoms with Crippen LogP contribution in [0, 0.1) is 20.8 Å². The van der Waals surface area contributed by atoms with Crippen molar-refractivity contribution < 1.29 is 0 Å². The fourth-order valence-electron chi connectivity index (χ4n) is 3.00. The second-order valence-corrected chi connectivity index (χ2v) is 6.21. The number of nitrogens with one attached hydrogen (secondary N) is 1. The van der Waals surface area contributed by atoms with Crippen molar-refractivity contribution in [2.24, 2.45) is 0 Å². The van der Waals surface area contributed by atoms with Crippen molar-refractivity contribution >= 4 is 0 Å². The minimum atomic E-state index is 0.686. The molecule has 19 heavy (non-hydrogen) atoms. The Labute approximate surface area is 118 Å². The van der Waals surface area contributed by atoms with E-state index in [4.69, 9.17) is 0 Å². The molecule has 1 aliphatic rings. The van der Waals surface area contributed by atoms with Crippen LogP contribution in [0.25, 0.3) is 0 Å². The molecule has 1 unspecified atom stereocenters. The molecule has 1 aromatic rings. The third-order valence-electron chi connectivity index (χ3n) is 4.34. The van der Waals surface area contributed by atoms with Crippen LogP contribution in [-0.2, 0) is 6.54 Å². The van der Waals surface area contributed by atoms with Gasteiger partial charge >= 0.3 is 0 Å². The van der Waals surface area contributed by atoms with Gasteiger partial charge in [-0.1, -0.05) is 18.6 Å². The van der Waals surface area contributed by atoms with E-state index in [1.54, 1.807) is 0 Å². The number of rotatable bonds is 4. The maximum atomic E-state index is 3.63. The molecule has 0 aromatic heterocycles. The van der Waals surface area contributed by atoms with Crippen molar-refractivity contribution in [2.75, 3.05) is 20.1 Å². The van der Waals surface area contributed by atoms with E-state index < -0.39 is 0 Å². The second-order valence-electron chi connectivity index (χ2n) is 6.21. The van der Waals surface area contributed by atoms with E-state index in [-0.39, 0.29) is 0 Å². The molecule has 1 atom stereocenters. The number of piperidine rings is 1. The molecule has 0 aliphatic carbocycles. The first-order valence-electron chi connectivity index (χ1n) is 7.55. The summed E-state index contributed by atoms with van der Waals surface area (Å²) in [6.07, 6.45) is 4.06. The topological polar surface area (TPSA) is 15.3 Å². The SMILES string of the molecule is Cc1cc(C)c(CN(C)CC2CCCCN2)cc1C. The monoisotopic (exact) mass is 260 g/mol. The highest BCUT2D eigenvalue weighted by Crippen LogP contribution is 2.17. The van der Waals surface area contributed by atoms with Crippen molar-refractivity contribution in [3.63, 3.8) is 0 Å². The number of likely N-dealkylation sites (N-methyl/N-ethyl adjacent to an activating group) is 1. The maximum Gasteiger partial charge on any atom is 0.0234 e. The zero-order chi connectivity index (χ0) is 13.8. The lowest BCUT2D eigenvalue weighted by Gasteiger charge is -2.28. The van der Waals surface area contributed by atoms with Crippen LogP contribution >= 0.6 is 0 Å². The average molecular weight is 260 g/mol. The van der Waals surface area contributed by atoms with Gasteiger partial charge in [0.2, 0.25) is 0 Å². The van der Waals surface area contributed by atoms with Crippen LogP contribution in [0.3, 0.4) is 0 Å². The summed E-state index contributed by atoms with van der Waals surface area (Å²) in [4.78, 5) is 2.46. The summed E-state index contributed by atoms with van der Waals surface area (Å²) >= 11 is 0. The second kappa shape index (κ2) is 6.53. The Morgan fingerprint density at radius 1 is 1.11 bits per heavy atom. The molecule has 0 radical (unpaired) electrons. The van der Waals surface area contributed by atoms with Gasteiger partial charge in [-0.3, -0.25) is 0 Å². The van der Waals surface area contributed by atoms with E-state index >= 15 is 0 Å². The molecule has 1 aliphatic heterocycles. The average Bonchev–Trinajstić information content (AvgIpc) is 2.37. The molecule has 0 amide bonds. The highest BCUT2D eigenvalue weighted by molar-refractivity contribution is 5.36. The van der Waals surface area contributed by atoms with Crippen molar-refractivity contribution in [3.05, 3.63) is 34.4 Å². The number of hydrogen-bond acceptors (Lipinski definition) is 2. The number of benzene rings is 1. The van der Waals surface area contributed by atoms with Crippen LogP contribution in [0.4, 0.5) is 0 Å². The first-order chi connectivity index (χ1) is 9.06. The molecule has 1 heterocycles. The van der Waals surface area contributed by atoms with Crippen molar-refractivity contribution in [1.82, 2.24) is 10.2 Å².